The molecule has 2 aromatic carbocycles. The summed E-state index contributed by atoms with van der Waals surface area (Å²) in [7, 11) is 0. The highest BCUT2D eigenvalue weighted by Gasteiger charge is 2.20. The third-order valence-electron chi connectivity index (χ3n) is 3.77. The first-order valence-electron chi connectivity index (χ1n) is 8.11. The molecule has 0 bridgehead atoms. The van der Waals surface area contributed by atoms with Crippen LogP contribution in [0.5, 0.6) is 11.5 Å². The van der Waals surface area contributed by atoms with Gasteiger partial charge in [-0.3, -0.25) is 0 Å². The van der Waals surface area contributed by atoms with Crippen molar-refractivity contribution in [3.8, 4) is 11.5 Å². The van der Waals surface area contributed by atoms with Gasteiger partial charge in [-0.1, -0.05) is 30.3 Å². The summed E-state index contributed by atoms with van der Waals surface area (Å²) in [6.45, 7) is 4.00. The average molecular weight is 413 g/mol. The molecule has 1 fully saturated rings. The van der Waals surface area contributed by atoms with Crippen LogP contribution in [0.3, 0.4) is 0 Å². The Kier molecular flexibility index (Phi) is 7.40. The first-order chi connectivity index (χ1) is 11.3. The molecule has 0 aliphatic heterocycles. The van der Waals surface area contributed by atoms with E-state index in [4.69, 9.17) is 9.47 Å². The molecule has 0 radical (unpaired) electrons. The fourth-order valence-corrected chi connectivity index (χ4v) is 3.01. The van der Waals surface area contributed by atoms with Crippen molar-refractivity contribution in [2.75, 3.05) is 6.61 Å². The summed E-state index contributed by atoms with van der Waals surface area (Å²) < 4.78 is 12.7. The fraction of sp³-hybridized carbons (Fsp3) is 0.368. The zero-order chi connectivity index (χ0) is 16.1. The molecule has 3 nitrogen and oxygen atoms in total. The van der Waals surface area contributed by atoms with Gasteiger partial charge < -0.3 is 14.8 Å². The molecular weight excluding hydrogens is 390 g/mol. The Balaban J connectivity index is 0.00000208. The van der Waals surface area contributed by atoms with Gasteiger partial charge >= 0.3 is 0 Å². The molecule has 1 N–H and O–H groups in total. The number of ether oxygens (including phenoxy) is 2. The van der Waals surface area contributed by atoms with Crippen LogP contribution in [0.4, 0.5) is 0 Å². The largest absolute Gasteiger partial charge is 0.490 e. The van der Waals surface area contributed by atoms with E-state index in [-0.39, 0.29) is 12.4 Å². The lowest BCUT2D eigenvalue weighted by atomic mass is 10.2. The smallest absolute Gasteiger partial charge is 0.175 e. The molecular formula is C19H23BrClNO2. The maximum atomic E-state index is 6.01. The Hall–Kier alpha value is -1.23. The highest BCUT2D eigenvalue weighted by Crippen LogP contribution is 2.37. The number of rotatable bonds is 8. The summed E-state index contributed by atoms with van der Waals surface area (Å²) in [5.74, 6) is 1.57. The zero-order valence-corrected chi connectivity index (χ0v) is 16.2. The lowest BCUT2D eigenvalue weighted by Gasteiger charge is -2.16. The second-order valence-corrected chi connectivity index (χ2v) is 6.62. The minimum atomic E-state index is 0. The van der Waals surface area contributed by atoms with Crippen molar-refractivity contribution < 1.29 is 9.47 Å². The lowest BCUT2D eigenvalue weighted by molar-refractivity contribution is 0.267. The summed E-state index contributed by atoms with van der Waals surface area (Å²) in [4.78, 5) is 0. The highest BCUT2D eigenvalue weighted by atomic mass is 79.9. The molecule has 1 aliphatic rings. The highest BCUT2D eigenvalue weighted by molar-refractivity contribution is 9.10. The van der Waals surface area contributed by atoms with E-state index >= 15 is 0 Å². The number of hydrogen-bond donors (Lipinski definition) is 1. The molecule has 5 heteroatoms. The van der Waals surface area contributed by atoms with E-state index in [9.17, 15) is 0 Å². The average Bonchev–Trinajstić information content (AvgIpc) is 3.38. The third-order valence-corrected chi connectivity index (χ3v) is 4.36. The van der Waals surface area contributed by atoms with E-state index in [2.05, 4.69) is 45.5 Å². The molecule has 1 aliphatic carbocycles. The van der Waals surface area contributed by atoms with Gasteiger partial charge in [0.25, 0.3) is 0 Å². The maximum Gasteiger partial charge on any atom is 0.175 e. The molecule has 1 saturated carbocycles. The molecule has 24 heavy (non-hydrogen) atoms. The van der Waals surface area contributed by atoms with Gasteiger partial charge in [0.05, 0.1) is 11.1 Å². The van der Waals surface area contributed by atoms with Crippen molar-refractivity contribution >= 4 is 28.3 Å². The minimum absolute atomic E-state index is 0. The van der Waals surface area contributed by atoms with Crippen LogP contribution < -0.4 is 14.8 Å². The molecule has 0 aromatic heterocycles. The van der Waals surface area contributed by atoms with Crippen LogP contribution in [0.15, 0.2) is 46.9 Å². The van der Waals surface area contributed by atoms with Gasteiger partial charge in [-0.05, 0) is 59.0 Å². The van der Waals surface area contributed by atoms with Gasteiger partial charge in [0.15, 0.2) is 11.5 Å². The van der Waals surface area contributed by atoms with E-state index in [1.807, 2.05) is 25.1 Å². The third kappa shape index (κ3) is 5.40. The summed E-state index contributed by atoms with van der Waals surface area (Å²) in [5.41, 5.74) is 2.35. The topological polar surface area (TPSA) is 30.5 Å². The van der Waals surface area contributed by atoms with Crippen molar-refractivity contribution in [2.45, 2.75) is 39.0 Å². The molecule has 0 heterocycles. The van der Waals surface area contributed by atoms with E-state index in [1.165, 1.54) is 18.4 Å². The first kappa shape index (κ1) is 19.1. The first-order valence-corrected chi connectivity index (χ1v) is 8.91. The van der Waals surface area contributed by atoms with E-state index in [0.29, 0.717) is 19.3 Å². The molecule has 0 amide bonds. The van der Waals surface area contributed by atoms with Gasteiger partial charge in [-0.15, -0.1) is 12.4 Å². The van der Waals surface area contributed by atoms with Crippen molar-refractivity contribution in [1.29, 1.82) is 0 Å². The van der Waals surface area contributed by atoms with Crippen molar-refractivity contribution in [3.63, 3.8) is 0 Å². The standard InChI is InChI=1S/C19H22BrNO2.ClH/c1-2-22-18-11-15(12-21-16-8-9-16)10-17(20)19(18)23-13-14-6-4-3-5-7-14;/h3-7,10-11,16,21H,2,8-9,12-13H2,1H3;1H. The molecule has 0 unspecified atom stereocenters. The molecule has 0 saturated heterocycles. The van der Waals surface area contributed by atoms with Crippen molar-refractivity contribution in [3.05, 3.63) is 58.1 Å². The van der Waals surface area contributed by atoms with Crippen molar-refractivity contribution in [1.82, 2.24) is 5.32 Å². The van der Waals surface area contributed by atoms with Crippen molar-refractivity contribution in [2.24, 2.45) is 0 Å². The van der Waals surface area contributed by atoms with Crippen LogP contribution in [0.2, 0.25) is 0 Å². The normalized spacial score (nSPS) is 13.2. The van der Waals surface area contributed by atoms with E-state index < -0.39 is 0 Å². The predicted molar refractivity (Wildman–Crippen MR) is 103 cm³/mol. The maximum absolute atomic E-state index is 6.01. The molecule has 0 atom stereocenters. The summed E-state index contributed by atoms with van der Waals surface area (Å²) in [6.07, 6.45) is 2.58. The quantitative estimate of drug-likeness (QED) is 0.654. The summed E-state index contributed by atoms with van der Waals surface area (Å²) in [6, 6.07) is 15.0. The number of halogens is 2. The number of benzene rings is 2. The minimum Gasteiger partial charge on any atom is -0.490 e. The predicted octanol–water partition coefficient (Wildman–Crippen LogP) is 5.10. The van der Waals surface area contributed by atoms with Crippen LogP contribution in [0.25, 0.3) is 0 Å². The summed E-state index contributed by atoms with van der Waals surface area (Å²) >= 11 is 3.63. The molecule has 3 rings (SSSR count). The van der Waals surface area contributed by atoms with Crippen LogP contribution in [0.1, 0.15) is 30.9 Å². The van der Waals surface area contributed by atoms with Gasteiger partial charge in [0.1, 0.15) is 6.61 Å². The Bertz CT molecular complexity index is 647. The summed E-state index contributed by atoms with van der Waals surface area (Å²) in [5, 5.41) is 3.53. The van der Waals surface area contributed by atoms with Crippen LogP contribution in [0, 0.1) is 0 Å². The van der Waals surface area contributed by atoms with Crippen LogP contribution in [-0.2, 0) is 13.2 Å². The second-order valence-electron chi connectivity index (χ2n) is 5.77. The lowest BCUT2D eigenvalue weighted by Crippen LogP contribution is -2.15. The van der Waals surface area contributed by atoms with Gasteiger partial charge in [-0.2, -0.15) is 0 Å². The fourth-order valence-electron chi connectivity index (χ4n) is 2.41. The Morgan fingerprint density at radius 3 is 2.50 bits per heavy atom. The Morgan fingerprint density at radius 1 is 1.08 bits per heavy atom. The zero-order valence-electron chi connectivity index (χ0n) is 13.8. The van der Waals surface area contributed by atoms with Crippen LogP contribution >= 0.6 is 28.3 Å². The Morgan fingerprint density at radius 2 is 1.83 bits per heavy atom. The van der Waals surface area contributed by atoms with Gasteiger partial charge in [-0.25, -0.2) is 0 Å². The van der Waals surface area contributed by atoms with Gasteiger partial charge in [0.2, 0.25) is 0 Å². The van der Waals surface area contributed by atoms with E-state index in [1.54, 1.807) is 0 Å². The second kappa shape index (κ2) is 9.30. The SMILES string of the molecule is CCOc1cc(CNC2CC2)cc(Br)c1OCc1ccccc1.Cl. The molecule has 0 spiro atoms. The molecule has 2 aromatic rings. The molecule has 130 valence electrons. The monoisotopic (exact) mass is 411 g/mol. The van der Waals surface area contributed by atoms with Crippen LogP contribution in [-0.4, -0.2) is 12.6 Å². The van der Waals surface area contributed by atoms with E-state index in [0.717, 1.165) is 28.1 Å². The number of nitrogens with one attached hydrogen (secondary N) is 1. The Labute approximate surface area is 158 Å². The van der Waals surface area contributed by atoms with Gasteiger partial charge in [0, 0.05) is 12.6 Å². The number of hydrogen-bond acceptors (Lipinski definition) is 3.